The van der Waals surface area contributed by atoms with Crippen molar-refractivity contribution in [1.29, 1.82) is 0 Å². The maximum atomic E-state index is 13.0. The summed E-state index contributed by atoms with van der Waals surface area (Å²) in [7, 11) is 0. The molecule has 1 saturated heterocycles. The van der Waals surface area contributed by atoms with Crippen LogP contribution in [0, 0.1) is 18.7 Å². The Balaban J connectivity index is 1.60. The van der Waals surface area contributed by atoms with E-state index in [1.54, 1.807) is 6.21 Å². The Kier molecular flexibility index (Phi) is 4.71. The lowest BCUT2D eigenvalue weighted by Crippen LogP contribution is -2.30. The van der Waals surface area contributed by atoms with Crippen molar-refractivity contribution in [3.05, 3.63) is 52.0 Å². The summed E-state index contributed by atoms with van der Waals surface area (Å²) in [6.45, 7) is 2.24. The first kappa shape index (κ1) is 16.3. The number of anilines is 1. The Morgan fingerprint density at radius 1 is 1.38 bits per heavy atom. The van der Waals surface area contributed by atoms with Crippen LogP contribution in [0.15, 0.2) is 40.8 Å². The van der Waals surface area contributed by atoms with Crippen molar-refractivity contribution in [1.82, 2.24) is 5.43 Å². The molecule has 1 atom stereocenters. The first-order valence-electron chi connectivity index (χ1n) is 7.47. The van der Waals surface area contributed by atoms with Crippen LogP contribution in [-0.4, -0.2) is 24.6 Å². The van der Waals surface area contributed by atoms with Gasteiger partial charge in [0.2, 0.25) is 11.8 Å². The third-order valence-electron chi connectivity index (χ3n) is 3.89. The number of carbonyl (C=O) groups is 2. The monoisotopic (exact) mass is 345 g/mol. The number of hydrogen-bond donors (Lipinski definition) is 1. The number of benzene rings is 1. The first-order valence-corrected chi connectivity index (χ1v) is 8.35. The topological polar surface area (TPSA) is 61.8 Å². The van der Waals surface area contributed by atoms with Crippen molar-refractivity contribution >= 4 is 35.1 Å². The van der Waals surface area contributed by atoms with Crippen LogP contribution < -0.4 is 10.3 Å². The molecule has 0 unspecified atom stereocenters. The lowest BCUT2D eigenvalue weighted by Gasteiger charge is -2.16. The Hall–Kier alpha value is -2.54. The second-order valence-corrected chi connectivity index (χ2v) is 6.53. The second kappa shape index (κ2) is 6.92. The summed E-state index contributed by atoms with van der Waals surface area (Å²) in [5.41, 5.74) is 4.18. The molecule has 2 heterocycles. The number of nitrogens with one attached hydrogen (secondary N) is 1. The summed E-state index contributed by atoms with van der Waals surface area (Å²) in [6, 6.07) is 7.63. The minimum absolute atomic E-state index is 0.122. The summed E-state index contributed by atoms with van der Waals surface area (Å²) >= 11 is 1.54. The molecule has 1 N–H and O–H groups in total. The van der Waals surface area contributed by atoms with Gasteiger partial charge in [-0.15, -0.1) is 11.3 Å². The van der Waals surface area contributed by atoms with Gasteiger partial charge in [-0.2, -0.15) is 5.10 Å². The maximum Gasteiger partial charge on any atom is 0.245 e. The number of hydrazone groups is 1. The molecule has 0 spiro atoms. The molecule has 0 aliphatic carbocycles. The van der Waals surface area contributed by atoms with Crippen LogP contribution in [0.5, 0.6) is 0 Å². The van der Waals surface area contributed by atoms with Crippen molar-refractivity contribution in [3.8, 4) is 0 Å². The smallest absolute Gasteiger partial charge is 0.245 e. The molecule has 1 aliphatic rings. The summed E-state index contributed by atoms with van der Waals surface area (Å²) in [5.74, 6) is -1.28. The molecule has 1 aliphatic heterocycles. The molecular weight excluding hydrogens is 329 g/mol. The van der Waals surface area contributed by atoms with Crippen LogP contribution in [-0.2, 0) is 9.59 Å². The van der Waals surface area contributed by atoms with Crippen molar-refractivity contribution in [2.45, 2.75) is 13.3 Å². The quantitative estimate of drug-likeness (QED) is 0.684. The minimum atomic E-state index is -0.468. The molecule has 124 valence electrons. The molecule has 24 heavy (non-hydrogen) atoms. The fourth-order valence-corrected chi connectivity index (χ4v) is 3.30. The molecule has 1 aromatic carbocycles. The molecule has 0 saturated carbocycles. The van der Waals surface area contributed by atoms with Crippen LogP contribution in [0.1, 0.15) is 16.9 Å². The van der Waals surface area contributed by atoms with Crippen molar-refractivity contribution < 1.29 is 14.0 Å². The minimum Gasteiger partial charge on any atom is -0.312 e. The zero-order valence-electron chi connectivity index (χ0n) is 13.0. The van der Waals surface area contributed by atoms with Crippen LogP contribution >= 0.6 is 11.3 Å². The van der Waals surface area contributed by atoms with Crippen LogP contribution in [0.2, 0.25) is 0 Å². The van der Waals surface area contributed by atoms with E-state index in [0.29, 0.717) is 5.69 Å². The van der Waals surface area contributed by atoms with E-state index in [0.717, 1.165) is 10.4 Å². The highest BCUT2D eigenvalue weighted by molar-refractivity contribution is 7.11. The molecule has 5 nitrogen and oxygen atoms in total. The van der Waals surface area contributed by atoms with Gasteiger partial charge in [-0.1, -0.05) is 0 Å². The molecular formula is C17H16FN3O2S. The lowest BCUT2D eigenvalue weighted by molar-refractivity contribution is -0.126. The number of nitrogens with zero attached hydrogens (tertiary/aromatic N) is 2. The van der Waals surface area contributed by atoms with Crippen molar-refractivity contribution in [3.63, 3.8) is 0 Å². The van der Waals surface area contributed by atoms with Gasteiger partial charge in [0.1, 0.15) is 5.82 Å². The average molecular weight is 345 g/mol. The van der Waals surface area contributed by atoms with E-state index in [1.807, 2.05) is 18.4 Å². The Morgan fingerprint density at radius 3 is 2.79 bits per heavy atom. The predicted molar refractivity (Wildman–Crippen MR) is 91.7 cm³/mol. The van der Waals surface area contributed by atoms with Gasteiger partial charge in [0.15, 0.2) is 0 Å². The van der Waals surface area contributed by atoms with E-state index in [-0.39, 0.29) is 30.6 Å². The second-order valence-electron chi connectivity index (χ2n) is 5.58. The zero-order chi connectivity index (χ0) is 17.1. The standard InChI is InChI=1S/C17H16FN3O2S/c1-11-6-7-24-15(11)9-19-20-17(23)12-8-16(22)21(10-12)14-4-2-13(18)3-5-14/h2-7,9,12H,8,10H2,1H3,(H,20,23)/b19-9-/t12-/m1/s1. The number of aryl methyl sites for hydroxylation is 1. The van der Waals surface area contributed by atoms with E-state index < -0.39 is 5.92 Å². The van der Waals surface area contributed by atoms with Gasteiger partial charge in [-0.25, -0.2) is 9.82 Å². The predicted octanol–water partition coefficient (Wildman–Crippen LogP) is 2.70. The largest absolute Gasteiger partial charge is 0.312 e. The summed E-state index contributed by atoms with van der Waals surface area (Å²) in [5, 5.41) is 5.91. The SMILES string of the molecule is Cc1ccsc1/C=N\NC(=O)[C@@H]1CC(=O)N(c2ccc(F)cc2)C1. The summed E-state index contributed by atoms with van der Waals surface area (Å²) in [4.78, 5) is 26.7. The number of rotatable bonds is 4. The summed E-state index contributed by atoms with van der Waals surface area (Å²) < 4.78 is 13.0. The number of halogens is 1. The Labute approximate surface area is 142 Å². The fourth-order valence-electron chi connectivity index (χ4n) is 2.52. The lowest BCUT2D eigenvalue weighted by atomic mass is 10.1. The normalized spacial score (nSPS) is 17.7. The van der Waals surface area contributed by atoms with Gasteiger partial charge >= 0.3 is 0 Å². The Bertz CT molecular complexity index is 785. The molecule has 0 bridgehead atoms. The number of amides is 2. The number of thiophene rings is 1. The maximum absolute atomic E-state index is 13.0. The third-order valence-corrected chi connectivity index (χ3v) is 4.85. The number of carbonyl (C=O) groups excluding carboxylic acids is 2. The van der Waals surface area contributed by atoms with Crippen molar-refractivity contribution in [2.24, 2.45) is 11.0 Å². The zero-order valence-corrected chi connectivity index (χ0v) is 13.8. The highest BCUT2D eigenvalue weighted by atomic mass is 32.1. The summed E-state index contributed by atoms with van der Waals surface area (Å²) in [6.07, 6.45) is 1.73. The van der Waals surface area contributed by atoms with Gasteiger partial charge in [0, 0.05) is 23.5 Å². The molecule has 2 amide bonds. The molecule has 1 fully saturated rings. The van der Waals surface area contributed by atoms with E-state index in [4.69, 9.17) is 0 Å². The number of hydrogen-bond acceptors (Lipinski definition) is 4. The average Bonchev–Trinajstić information content (AvgIpc) is 3.14. The third kappa shape index (κ3) is 3.51. The van der Waals surface area contributed by atoms with Crippen molar-refractivity contribution in [2.75, 3.05) is 11.4 Å². The van der Waals surface area contributed by atoms with Crippen LogP contribution in [0.3, 0.4) is 0 Å². The first-order chi connectivity index (χ1) is 11.5. The molecule has 1 aromatic heterocycles. The highest BCUT2D eigenvalue weighted by Gasteiger charge is 2.35. The van der Waals surface area contributed by atoms with E-state index >= 15 is 0 Å². The van der Waals surface area contributed by atoms with E-state index in [9.17, 15) is 14.0 Å². The highest BCUT2D eigenvalue weighted by Crippen LogP contribution is 2.25. The molecule has 7 heteroatoms. The Morgan fingerprint density at radius 2 is 2.12 bits per heavy atom. The van der Waals surface area contributed by atoms with Gasteiger partial charge in [0.25, 0.3) is 0 Å². The van der Waals surface area contributed by atoms with Crippen LogP contribution in [0.4, 0.5) is 10.1 Å². The molecule has 0 radical (unpaired) electrons. The fraction of sp³-hybridized carbons (Fsp3) is 0.235. The molecule has 2 aromatic rings. The van der Waals surface area contributed by atoms with Gasteiger partial charge in [0.05, 0.1) is 12.1 Å². The van der Waals surface area contributed by atoms with E-state index in [2.05, 4.69) is 10.5 Å². The van der Waals surface area contributed by atoms with Gasteiger partial charge in [-0.05, 0) is 48.2 Å². The van der Waals surface area contributed by atoms with Gasteiger partial charge < -0.3 is 4.90 Å². The van der Waals surface area contributed by atoms with E-state index in [1.165, 1.54) is 40.5 Å². The van der Waals surface area contributed by atoms with Gasteiger partial charge in [-0.3, -0.25) is 9.59 Å². The molecule has 3 rings (SSSR count). The van der Waals surface area contributed by atoms with Crippen LogP contribution in [0.25, 0.3) is 0 Å².